The highest BCUT2D eigenvalue weighted by Gasteiger charge is 2.29. The van der Waals surface area contributed by atoms with Crippen LogP contribution in [-0.2, 0) is 6.54 Å². The first kappa shape index (κ1) is 14.1. The van der Waals surface area contributed by atoms with Gasteiger partial charge in [-0.05, 0) is 31.4 Å². The number of carbonyl (C=O) groups is 1. The first-order valence-electron chi connectivity index (χ1n) is 7.67. The van der Waals surface area contributed by atoms with Gasteiger partial charge in [0.1, 0.15) is 5.69 Å². The third-order valence-corrected chi connectivity index (χ3v) is 4.55. The Bertz CT molecular complexity index is 662. The number of aliphatic hydroxyl groups excluding tert-OH is 1. The summed E-state index contributed by atoms with van der Waals surface area (Å²) in [4.78, 5) is 14.6. The Balaban J connectivity index is 1.94. The fourth-order valence-corrected chi connectivity index (χ4v) is 3.12. The first-order chi connectivity index (χ1) is 10.1. The Morgan fingerprint density at radius 2 is 2.14 bits per heavy atom. The number of aryl methyl sites for hydroxylation is 1. The lowest BCUT2D eigenvalue weighted by Gasteiger charge is -2.34. The fourth-order valence-electron chi connectivity index (χ4n) is 3.12. The standard InChI is InChI=1S/C17H22N2O2/c1-3-19-14-7-5-4-6-13(14)10-15(19)17(21)18-9-8-12(2)16(20)11-18/h4-7,10,12,16,20H,3,8-9,11H2,1-2H3. The molecule has 1 aliphatic heterocycles. The molecule has 21 heavy (non-hydrogen) atoms. The van der Waals surface area contributed by atoms with Crippen molar-refractivity contribution in [1.29, 1.82) is 0 Å². The van der Waals surface area contributed by atoms with Crippen LogP contribution < -0.4 is 0 Å². The SMILES string of the molecule is CCn1c(C(=O)N2CCC(C)C(O)C2)cc2ccccc21. The van der Waals surface area contributed by atoms with Crippen LogP contribution in [0.25, 0.3) is 10.9 Å². The van der Waals surface area contributed by atoms with Crippen molar-refractivity contribution in [2.45, 2.75) is 32.9 Å². The molecule has 0 spiro atoms. The van der Waals surface area contributed by atoms with E-state index in [1.807, 2.05) is 37.3 Å². The summed E-state index contributed by atoms with van der Waals surface area (Å²) in [6, 6.07) is 10.0. The van der Waals surface area contributed by atoms with Gasteiger partial charge in [0.05, 0.1) is 6.10 Å². The zero-order valence-corrected chi connectivity index (χ0v) is 12.6. The quantitative estimate of drug-likeness (QED) is 0.922. The van der Waals surface area contributed by atoms with E-state index in [1.165, 1.54) is 0 Å². The van der Waals surface area contributed by atoms with E-state index in [4.69, 9.17) is 0 Å². The summed E-state index contributed by atoms with van der Waals surface area (Å²) in [5, 5.41) is 11.1. The molecule has 1 aromatic heterocycles. The topological polar surface area (TPSA) is 45.5 Å². The van der Waals surface area contributed by atoms with Crippen molar-refractivity contribution >= 4 is 16.8 Å². The average molecular weight is 286 g/mol. The number of rotatable bonds is 2. The number of fused-ring (bicyclic) bond motifs is 1. The number of para-hydroxylation sites is 1. The van der Waals surface area contributed by atoms with E-state index in [2.05, 4.69) is 11.5 Å². The van der Waals surface area contributed by atoms with Gasteiger partial charge in [0.15, 0.2) is 0 Å². The molecule has 4 heteroatoms. The largest absolute Gasteiger partial charge is 0.391 e. The lowest BCUT2D eigenvalue weighted by molar-refractivity contribution is 0.0243. The Morgan fingerprint density at radius 1 is 1.38 bits per heavy atom. The molecule has 2 heterocycles. The van der Waals surface area contributed by atoms with Crippen LogP contribution in [0.3, 0.4) is 0 Å². The Morgan fingerprint density at radius 3 is 2.86 bits per heavy atom. The molecule has 1 aromatic carbocycles. The maximum absolute atomic E-state index is 12.8. The van der Waals surface area contributed by atoms with Gasteiger partial charge in [0.2, 0.25) is 0 Å². The number of aliphatic hydroxyl groups is 1. The summed E-state index contributed by atoms with van der Waals surface area (Å²) >= 11 is 0. The van der Waals surface area contributed by atoms with Crippen molar-refractivity contribution in [2.24, 2.45) is 5.92 Å². The normalized spacial score (nSPS) is 22.7. The maximum atomic E-state index is 12.8. The zero-order chi connectivity index (χ0) is 15.0. The number of piperidine rings is 1. The van der Waals surface area contributed by atoms with Gasteiger partial charge in [-0.3, -0.25) is 4.79 Å². The van der Waals surface area contributed by atoms with Crippen LogP contribution in [0.2, 0.25) is 0 Å². The highest BCUT2D eigenvalue weighted by atomic mass is 16.3. The van der Waals surface area contributed by atoms with Crippen molar-refractivity contribution in [3.8, 4) is 0 Å². The van der Waals surface area contributed by atoms with Crippen LogP contribution in [0.5, 0.6) is 0 Å². The minimum Gasteiger partial charge on any atom is -0.391 e. The molecule has 1 saturated heterocycles. The van der Waals surface area contributed by atoms with E-state index in [9.17, 15) is 9.90 Å². The van der Waals surface area contributed by atoms with Crippen molar-refractivity contribution < 1.29 is 9.90 Å². The number of benzene rings is 1. The van der Waals surface area contributed by atoms with Gasteiger partial charge in [-0.15, -0.1) is 0 Å². The van der Waals surface area contributed by atoms with Gasteiger partial charge in [-0.2, -0.15) is 0 Å². The number of aromatic nitrogens is 1. The Labute approximate surface area is 125 Å². The molecule has 0 radical (unpaired) electrons. The first-order valence-corrected chi connectivity index (χ1v) is 7.67. The highest BCUT2D eigenvalue weighted by Crippen LogP contribution is 2.23. The number of hydrogen-bond acceptors (Lipinski definition) is 2. The molecule has 1 N–H and O–H groups in total. The van der Waals surface area contributed by atoms with Gasteiger partial charge < -0.3 is 14.6 Å². The van der Waals surface area contributed by atoms with E-state index >= 15 is 0 Å². The number of hydrogen-bond donors (Lipinski definition) is 1. The van der Waals surface area contributed by atoms with Gasteiger partial charge in [0.25, 0.3) is 5.91 Å². The number of likely N-dealkylation sites (tertiary alicyclic amines) is 1. The molecular formula is C17H22N2O2. The van der Waals surface area contributed by atoms with Gasteiger partial charge in [0, 0.05) is 30.5 Å². The van der Waals surface area contributed by atoms with Gasteiger partial charge in [-0.25, -0.2) is 0 Å². The van der Waals surface area contributed by atoms with E-state index in [-0.39, 0.29) is 11.8 Å². The van der Waals surface area contributed by atoms with Crippen molar-refractivity contribution in [3.63, 3.8) is 0 Å². The molecule has 1 fully saturated rings. The number of nitrogens with zero attached hydrogens (tertiary/aromatic N) is 2. The molecule has 2 atom stereocenters. The second-order valence-corrected chi connectivity index (χ2v) is 5.92. The summed E-state index contributed by atoms with van der Waals surface area (Å²) in [6.07, 6.45) is 0.446. The van der Waals surface area contributed by atoms with E-state index in [1.54, 1.807) is 4.90 Å². The minimum atomic E-state index is -0.415. The van der Waals surface area contributed by atoms with Crippen LogP contribution in [-0.4, -0.2) is 39.7 Å². The second-order valence-electron chi connectivity index (χ2n) is 5.92. The Kier molecular flexibility index (Phi) is 3.72. The van der Waals surface area contributed by atoms with Crippen LogP contribution >= 0.6 is 0 Å². The molecule has 112 valence electrons. The summed E-state index contributed by atoms with van der Waals surface area (Å²) < 4.78 is 2.06. The van der Waals surface area contributed by atoms with Gasteiger partial charge in [-0.1, -0.05) is 25.1 Å². The predicted octanol–water partition coefficient (Wildman–Crippen LogP) is 2.50. The van der Waals surface area contributed by atoms with Crippen LogP contribution in [0, 0.1) is 5.92 Å². The van der Waals surface area contributed by atoms with Crippen molar-refractivity contribution in [2.75, 3.05) is 13.1 Å². The third kappa shape index (κ3) is 2.44. The molecule has 4 nitrogen and oxygen atoms in total. The Hall–Kier alpha value is -1.81. The molecule has 1 aliphatic rings. The summed E-state index contributed by atoms with van der Waals surface area (Å²) in [6.45, 7) is 6.01. The molecule has 0 saturated carbocycles. The molecule has 1 amide bonds. The van der Waals surface area contributed by atoms with Crippen molar-refractivity contribution in [3.05, 3.63) is 36.0 Å². The highest BCUT2D eigenvalue weighted by molar-refractivity contribution is 5.98. The van der Waals surface area contributed by atoms with Gasteiger partial charge >= 0.3 is 0 Å². The lowest BCUT2D eigenvalue weighted by Crippen LogP contribution is -2.46. The number of amides is 1. The molecular weight excluding hydrogens is 264 g/mol. The molecule has 2 aromatic rings. The predicted molar refractivity (Wildman–Crippen MR) is 83.3 cm³/mol. The van der Waals surface area contributed by atoms with Crippen LogP contribution in [0.1, 0.15) is 30.8 Å². The van der Waals surface area contributed by atoms with Crippen LogP contribution in [0.15, 0.2) is 30.3 Å². The lowest BCUT2D eigenvalue weighted by atomic mass is 9.96. The third-order valence-electron chi connectivity index (χ3n) is 4.55. The van der Waals surface area contributed by atoms with Crippen LogP contribution in [0.4, 0.5) is 0 Å². The molecule has 3 rings (SSSR count). The summed E-state index contributed by atoms with van der Waals surface area (Å²) in [5.74, 6) is 0.296. The van der Waals surface area contributed by atoms with E-state index in [0.29, 0.717) is 6.54 Å². The summed E-state index contributed by atoms with van der Waals surface area (Å²) in [7, 11) is 0. The summed E-state index contributed by atoms with van der Waals surface area (Å²) in [5.41, 5.74) is 1.81. The second kappa shape index (κ2) is 5.53. The minimum absolute atomic E-state index is 0.0269. The fraction of sp³-hybridized carbons (Fsp3) is 0.471. The average Bonchev–Trinajstić information content (AvgIpc) is 2.87. The molecule has 0 aliphatic carbocycles. The smallest absolute Gasteiger partial charge is 0.270 e. The van der Waals surface area contributed by atoms with E-state index in [0.717, 1.165) is 36.1 Å². The van der Waals surface area contributed by atoms with Crippen molar-refractivity contribution in [1.82, 2.24) is 9.47 Å². The monoisotopic (exact) mass is 286 g/mol. The number of β-amino-alcohol motifs (C(OH)–C–C–N with tert-alkyl or cyclic N) is 1. The van der Waals surface area contributed by atoms with E-state index < -0.39 is 6.10 Å². The maximum Gasteiger partial charge on any atom is 0.270 e. The number of carbonyl (C=O) groups excluding carboxylic acids is 1. The molecule has 0 bridgehead atoms. The zero-order valence-electron chi connectivity index (χ0n) is 12.6. The molecule has 2 unspecified atom stereocenters.